The zero-order valence-corrected chi connectivity index (χ0v) is 6.14. The van der Waals surface area contributed by atoms with Crippen molar-refractivity contribution in [2.45, 2.75) is 0 Å². The van der Waals surface area contributed by atoms with Crippen LogP contribution in [0.2, 0.25) is 0 Å². The maximum absolute atomic E-state index is 10.5. The lowest BCUT2D eigenvalue weighted by Gasteiger charge is -1.87. The molecule has 60 valence electrons. The number of nitrogens with zero attached hydrogens (tertiary/aromatic N) is 2. The van der Waals surface area contributed by atoms with Crippen molar-refractivity contribution in [1.82, 2.24) is 9.38 Å². The molecule has 2 aromatic rings. The highest BCUT2D eigenvalue weighted by molar-refractivity contribution is 5.89. The molecule has 2 aromatic heterocycles. The number of hydrogen-bond acceptors (Lipinski definition) is 2. The lowest BCUT2D eigenvalue weighted by Crippen LogP contribution is -1.92. The summed E-state index contributed by atoms with van der Waals surface area (Å²) >= 11 is 0. The Hall–Kier alpha value is -1.84. The Bertz CT molecular complexity index is 400. The normalized spacial score (nSPS) is 10.3. The van der Waals surface area contributed by atoms with Crippen molar-refractivity contribution in [3.8, 4) is 0 Å². The molecule has 0 amide bonds. The first kappa shape index (κ1) is 6.84. The Labute approximate surface area is 68.1 Å². The monoisotopic (exact) mass is 162 g/mol. The van der Waals surface area contributed by atoms with Crippen molar-refractivity contribution in [3.05, 3.63) is 36.4 Å². The average Bonchev–Trinajstić information content (AvgIpc) is 2.46. The molecule has 0 bridgehead atoms. The third-order valence-electron chi connectivity index (χ3n) is 1.65. The van der Waals surface area contributed by atoms with Crippen molar-refractivity contribution in [2.75, 3.05) is 0 Å². The van der Waals surface area contributed by atoms with Crippen molar-refractivity contribution >= 4 is 11.5 Å². The van der Waals surface area contributed by atoms with Gasteiger partial charge in [0.2, 0.25) is 0 Å². The van der Waals surface area contributed by atoms with Gasteiger partial charge in [-0.25, -0.2) is 9.78 Å². The molecule has 0 aliphatic carbocycles. The van der Waals surface area contributed by atoms with Crippen LogP contribution >= 0.6 is 0 Å². The topological polar surface area (TPSA) is 54.6 Å². The number of rotatable bonds is 1. The van der Waals surface area contributed by atoms with E-state index < -0.39 is 5.97 Å². The van der Waals surface area contributed by atoms with Crippen LogP contribution in [-0.4, -0.2) is 20.5 Å². The molecular weight excluding hydrogens is 156 g/mol. The molecular formula is C8H6N2O2. The Morgan fingerprint density at radius 2 is 2.42 bits per heavy atom. The number of hydrogen-bond donors (Lipinski definition) is 1. The summed E-state index contributed by atoms with van der Waals surface area (Å²) < 4.78 is 1.67. The predicted molar refractivity (Wildman–Crippen MR) is 42.2 cm³/mol. The third kappa shape index (κ3) is 0.934. The standard InChI is InChI=1S/C8H6N2O2/c11-8(12)6-3-7-1-2-9-5-10(7)4-6/h1-5H,(H,11,12). The van der Waals surface area contributed by atoms with Crippen LogP contribution in [0.15, 0.2) is 30.9 Å². The van der Waals surface area contributed by atoms with E-state index in [0.29, 0.717) is 0 Å². The van der Waals surface area contributed by atoms with E-state index in [0.717, 1.165) is 5.52 Å². The van der Waals surface area contributed by atoms with Crippen LogP contribution in [0.5, 0.6) is 0 Å². The molecule has 0 aliphatic heterocycles. The van der Waals surface area contributed by atoms with Gasteiger partial charge in [0, 0.05) is 17.9 Å². The van der Waals surface area contributed by atoms with Crippen molar-refractivity contribution < 1.29 is 9.90 Å². The van der Waals surface area contributed by atoms with Gasteiger partial charge < -0.3 is 9.51 Å². The minimum absolute atomic E-state index is 0.281. The molecule has 0 spiro atoms. The number of aromatic nitrogens is 2. The molecule has 0 fully saturated rings. The van der Waals surface area contributed by atoms with Gasteiger partial charge in [-0.05, 0) is 12.1 Å². The molecule has 4 nitrogen and oxygen atoms in total. The molecule has 0 radical (unpaired) electrons. The molecule has 0 atom stereocenters. The van der Waals surface area contributed by atoms with E-state index in [9.17, 15) is 4.79 Å². The van der Waals surface area contributed by atoms with Gasteiger partial charge in [-0.15, -0.1) is 0 Å². The van der Waals surface area contributed by atoms with E-state index in [4.69, 9.17) is 5.11 Å². The smallest absolute Gasteiger partial charge is 0.337 e. The Balaban J connectivity index is 2.70. The molecule has 0 aliphatic rings. The number of carboxylic acids is 1. The number of fused-ring (bicyclic) bond motifs is 1. The molecule has 0 saturated carbocycles. The minimum atomic E-state index is -0.918. The van der Waals surface area contributed by atoms with Gasteiger partial charge in [0.15, 0.2) is 0 Å². The number of carboxylic acid groups (broad SMARTS) is 1. The third-order valence-corrected chi connectivity index (χ3v) is 1.65. The summed E-state index contributed by atoms with van der Waals surface area (Å²) in [5, 5.41) is 8.65. The predicted octanol–water partition coefficient (Wildman–Crippen LogP) is 1.03. The molecule has 2 rings (SSSR count). The van der Waals surface area contributed by atoms with Gasteiger partial charge in [0.05, 0.1) is 11.9 Å². The molecule has 0 saturated heterocycles. The second-order valence-corrected chi connectivity index (χ2v) is 2.45. The van der Waals surface area contributed by atoms with Crippen LogP contribution in [0.3, 0.4) is 0 Å². The molecule has 0 aromatic carbocycles. The second kappa shape index (κ2) is 2.34. The van der Waals surface area contributed by atoms with Crippen LogP contribution in [0.1, 0.15) is 10.4 Å². The summed E-state index contributed by atoms with van der Waals surface area (Å²) in [4.78, 5) is 14.4. The Morgan fingerprint density at radius 3 is 3.08 bits per heavy atom. The van der Waals surface area contributed by atoms with Gasteiger partial charge in [-0.3, -0.25) is 0 Å². The summed E-state index contributed by atoms with van der Waals surface area (Å²) in [6, 6.07) is 3.36. The van der Waals surface area contributed by atoms with E-state index in [1.54, 1.807) is 29.1 Å². The fraction of sp³-hybridized carbons (Fsp3) is 0. The van der Waals surface area contributed by atoms with Gasteiger partial charge >= 0.3 is 5.97 Å². The lowest BCUT2D eigenvalue weighted by molar-refractivity contribution is 0.0697. The quantitative estimate of drug-likeness (QED) is 0.681. The SMILES string of the molecule is O=C(O)c1cc2ccncn2c1. The summed E-state index contributed by atoms with van der Waals surface area (Å²) in [5.41, 5.74) is 1.12. The van der Waals surface area contributed by atoms with E-state index in [2.05, 4.69) is 4.98 Å². The molecule has 12 heavy (non-hydrogen) atoms. The van der Waals surface area contributed by atoms with Gasteiger partial charge in [0.1, 0.15) is 0 Å². The highest BCUT2D eigenvalue weighted by atomic mass is 16.4. The first-order valence-electron chi connectivity index (χ1n) is 3.42. The first-order valence-corrected chi connectivity index (χ1v) is 3.42. The van der Waals surface area contributed by atoms with E-state index in [1.165, 1.54) is 6.20 Å². The van der Waals surface area contributed by atoms with Crippen molar-refractivity contribution in [3.63, 3.8) is 0 Å². The Kier molecular flexibility index (Phi) is 1.33. The van der Waals surface area contributed by atoms with Crippen LogP contribution in [-0.2, 0) is 0 Å². The van der Waals surface area contributed by atoms with Crippen molar-refractivity contribution in [2.24, 2.45) is 0 Å². The minimum Gasteiger partial charge on any atom is -0.478 e. The number of carbonyl (C=O) groups is 1. The maximum Gasteiger partial charge on any atom is 0.337 e. The van der Waals surface area contributed by atoms with E-state index in [-0.39, 0.29) is 5.56 Å². The summed E-state index contributed by atoms with van der Waals surface area (Å²) in [6.07, 6.45) is 4.73. The lowest BCUT2D eigenvalue weighted by atomic mass is 10.3. The van der Waals surface area contributed by atoms with Gasteiger partial charge in [0.25, 0.3) is 0 Å². The Morgan fingerprint density at radius 1 is 1.58 bits per heavy atom. The molecule has 0 unspecified atom stereocenters. The molecule has 2 heterocycles. The van der Waals surface area contributed by atoms with Crippen LogP contribution in [0.25, 0.3) is 5.52 Å². The summed E-state index contributed by atoms with van der Waals surface area (Å²) in [5.74, 6) is -0.918. The zero-order chi connectivity index (χ0) is 8.55. The van der Waals surface area contributed by atoms with E-state index in [1.807, 2.05) is 0 Å². The van der Waals surface area contributed by atoms with Crippen LogP contribution < -0.4 is 0 Å². The van der Waals surface area contributed by atoms with Gasteiger partial charge in [-0.1, -0.05) is 0 Å². The maximum atomic E-state index is 10.5. The summed E-state index contributed by atoms with van der Waals surface area (Å²) in [6.45, 7) is 0. The van der Waals surface area contributed by atoms with Crippen LogP contribution in [0, 0.1) is 0 Å². The fourth-order valence-electron chi connectivity index (χ4n) is 1.08. The number of aromatic carboxylic acids is 1. The molecule has 1 N–H and O–H groups in total. The second-order valence-electron chi connectivity index (χ2n) is 2.45. The highest BCUT2D eigenvalue weighted by Crippen LogP contribution is 2.07. The largest absolute Gasteiger partial charge is 0.478 e. The highest BCUT2D eigenvalue weighted by Gasteiger charge is 2.04. The van der Waals surface area contributed by atoms with Crippen molar-refractivity contribution in [1.29, 1.82) is 0 Å². The first-order chi connectivity index (χ1) is 5.77. The average molecular weight is 162 g/mol. The summed E-state index contributed by atoms with van der Waals surface area (Å²) in [7, 11) is 0. The van der Waals surface area contributed by atoms with Gasteiger partial charge in [-0.2, -0.15) is 0 Å². The van der Waals surface area contributed by atoms with E-state index >= 15 is 0 Å². The fourth-order valence-corrected chi connectivity index (χ4v) is 1.08. The zero-order valence-electron chi connectivity index (χ0n) is 6.14. The molecule has 4 heteroatoms. The van der Waals surface area contributed by atoms with Crippen LogP contribution in [0.4, 0.5) is 0 Å².